The van der Waals surface area contributed by atoms with E-state index in [1.807, 2.05) is 13.8 Å². The van der Waals surface area contributed by atoms with Gasteiger partial charge >= 0.3 is 5.97 Å². The zero-order chi connectivity index (χ0) is 13.5. The first-order chi connectivity index (χ1) is 8.49. The molecule has 0 aromatic heterocycles. The molecule has 4 nitrogen and oxygen atoms in total. The molecule has 0 saturated carbocycles. The van der Waals surface area contributed by atoms with Gasteiger partial charge in [0.05, 0.1) is 5.56 Å². The summed E-state index contributed by atoms with van der Waals surface area (Å²) in [5, 5.41) is 12.6. The molecule has 0 heterocycles. The number of hydrogen-bond acceptors (Lipinski definition) is 4. The highest BCUT2D eigenvalue weighted by Crippen LogP contribution is 2.05. The third-order valence-electron chi connectivity index (χ3n) is 2.23. The fraction of sp³-hybridized carbons (Fsp3) is 0.462. The molecule has 0 aliphatic carbocycles. The van der Waals surface area contributed by atoms with Crippen molar-refractivity contribution >= 4 is 5.97 Å². The van der Waals surface area contributed by atoms with Gasteiger partial charge in [0.25, 0.3) is 0 Å². The Labute approximate surface area is 106 Å². The molecule has 0 bridgehead atoms. The molecule has 0 fully saturated rings. The highest BCUT2D eigenvalue weighted by Gasteiger charge is 2.11. The molecule has 1 rings (SSSR count). The highest BCUT2D eigenvalue weighted by molar-refractivity contribution is 5.89. The molecule has 5 heteroatoms. The van der Waals surface area contributed by atoms with Crippen molar-refractivity contribution < 1.29 is 19.0 Å². The number of ether oxygens (including phenoxy) is 1. The molecule has 0 unspecified atom stereocenters. The van der Waals surface area contributed by atoms with E-state index in [-0.39, 0.29) is 18.2 Å². The molecule has 1 atom stereocenters. The van der Waals surface area contributed by atoms with Gasteiger partial charge < -0.3 is 15.2 Å². The van der Waals surface area contributed by atoms with Gasteiger partial charge in [-0.3, -0.25) is 0 Å². The lowest BCUT2D eigenvalue weighted by atomic mass is 10.2. The van der Waals surface area contributed by atoms with E-state index in [0.717, 1.165) is 6.07 Å². The van der Waals surface area contributed by atoms with E-state index in [1.54, 1.807) is 0 Å². The first kappa shape index (κ1) is 14.6. The van der Waals surface area contributed by atoms with E-state index < -0.39 is 17.9 Å². The van der Waals surface area contributed by atoms with E-state index in [2.05, 4.69) is 5.32 Å². The number of carbonyl (C=O) groups is 1. The molecule has 0 radical (unpaired) electrons. The minimum atomic E-state index is -0.773. The molecule has 0 amide bonds. The largest absolute Gasteiger partial charge is 0.459 e. The van der Waals surface area contributed by atoms with Crippen LogP contribution in [0.25, 0.3) is 0 Å². The van der Waals surface area contributed by atoms with Crippen LogP contribution in [0, 0.1) is 5.82 Å². The number of aliphatic hydroxyl groups excluding tert-OH is 1. The maximum Gasteiger partial charge on any atom is 0.338 e. The van der Waals surface area contributed by atoms with Gasteiger partial charge in [0.15, 0.2) is 0 Å². The normalized spacial score (nSPS) is 12.5. The SMILES string of the molecule is CC(C)NC[C@@H](O)COC(=O)c1cccc(F)c1. The van der Waals surface area contributed by atoms with Gasteiger partial charge in [-0.25, -0.2) is 9.18 Å². The van der Waals surface area contributed by atoms with Gasteiger partial charge in [0.1, 0.15) is 18.5 Å². The Balaban J connectivity index is 2.37. The summed E-state index contributed by atoms with van der Waals surface area (Å²) >= 11 is 0. The maximum atomic E-state index is 12.9. The number of nitrogens with one attached hydrogen (secondary N) is 1. The van der Waals surface area contributed by atoms with Crippen molar-refractivity contribution in [3.63, 3.8) is 0 Å². The number of rotatable bonds is 6. The van der Waals surface area contributed by atoms with E-state index in [0.29, 0.717) is 6.54 Å². The lowest BCUT2D eigenvalue weighted by molar-refractivity contribution is 0.0255. The quantitative estimate of drug-likeness (QED) is 0.753. The average Bonchev–Trinajstić information content (AvgIpc) is 2.33. The van der Waals surface area contributed by atoms with Crippen LogP contribution in [-0.2, 0) is 4.74 Å². The minimum Gasteiger partial charge on any atom is -0.459 e. The van der Waals surface area contributed by atoms with Gasteiger partial charge in [-0.2, -0.15) is 0 Å². The number of aliphatic hydroxyl groups is 1. The molecule has 100 valence electrons. The van der Waals surface area contributed by atoms with E-state index in [9.17, 15) is 14.3 Å². The van der Waals surface area contributed by atoms with Gasteiger partial charge in [0, 0.05) is 12.6 Å². The molecule has 1 aromatic carbocycles. The van der Waals surface area contributed by atoms with Crippen molar-refractivity contribution in [1.82, 2.24) is 5.32 Å². The Morgan fingerprint density at radius 3 is 2.83 bits per heavy atom. The van der Waals surface area contributed by atoms with Crippen LogP contribution < -0.4 is 5.32 Å². The van der Waals surface area contributed by atoms with Crippen LogP contribution in [0.3, 0.4) is 0 Å². The molecular weight excluding hydrogens is 237 g/mol. The first-order valence-electron chi connectivity index (χ1n) is 5.83. The Kier molecular flexibility index (Phi) is 5.74. The van der Waals surface area contributed by atoms with Crippen LogP contribution in [-0.4, -0.2) is 36.4 Å². The summed E-state index contributed by atoms with van der Waals surface area (Å²) in [5.74, 6) is -1.13. The number of halogens is 1. The molecule has 0 aliphatic heterocycles. The lowest BCUT2D eigenvalue weighted by Gasteiger charge is -2.14. The summed E-state index contributed by atoms with van der Waals surface area (Å²) in [7, 11) is 0. The Morgan fingerprint density at radius 1 is 1.50 bits per heavy atom. The number of esters is 1. The Morgan fingerprint density at radius 2 is 2.22 bits per heavy atom. The minimum absolute atomic E-state index is 0.116. The van der Waals surface area contributed by atoms with Crippen LogP contribution in [0.2, 0.25) is 0 Å². The van der Waals surface area contributed by atoms with Gasteiger partial charge in [-0.15, -0.1) is 0 Å². The molecule has 1 aromatic rings. The Bertz CT molecular complexity index is 396. The second kappa shape index (κ2) is 7.08. The third-order valence-corrected chi connectivity index (χ3v) is 2.23. The van der Waals surface area contributed by atoms with Crippen molar-refractivity contribution in [1.29, 1.82) is 0 Å². The maximum absolute atomic E-state index is 12.9. The van der Waals surface area contributed by atoms with Crippen molar-refractivity contribution in [3.05, 3.63) is 35.6 Å². The molecule has 0 saturated heterocycles. The van der Waals surface area contributed by atoms with Crippen LogP contribution >= 0.6 is 0 Å². The summed E-state index contributed by atoms with van der Waals surface area (Å²) < 4.78 is 17.8. The molecule has 2 N–H and O–H groups in total. The van der Waals surface area contributed by atoms with Crippen molar-refractivity contribution in [2.24, 2.45) is 0 Å². The first-order valence-corrected chi connectivity index (χ1v) is 5.83. The zero-order valence-electron chi connectivity index (χ0n) is 10.5. The Hall–Kier alpha value is -1.46. The van der Waals surface area contributed by atoms with Crippen LogP contribution in [0.1, 0.15) is 24.2 Å². The summed E-state index contributed by atoms with van der Waals surface area (Å²) in [5.41, 5.74) is 0.138. The standard InChI is InChI=1S/C13H18FNO3/c1-9(2)15-7-12(16)8-18-13(17)10-4-3-5-11(14)6-10/h3-6,9,12,15-16H,7-8H2,1-2H3/t12-/m1/s1. The van der Waals surface area contributed by atoms with Crippen LogP contribution in [0.15, 0.2) is 24.3 Å². The lowest BCUT2D eigenvalue weighted by Crippen LogP contribution is -2.35. The predicted molar refractivity (Wildman–Crippen MR) is 65.8 cm³/mol. The fourth-order valence-corrected chi connectivity index (χ4v) is 1.30. The van der Waals surface area contributed by atoms with E-state index >= 15 is 0 Å². The topological polar surface area (TPSA) is 58.6 Å². The highest BCUT2D eigenvalue weighted by atomic mass is 19.1. The molecule has 18 heavy (non-hydrogen) atoms. The molecule has 0 aliphatic rings. The van der Waals surface area contributed by atoms with Gasteiger partial charge in [-0.1, -0.05) is 19.9 Å². The number of carbonyl (C=O) groups excluding carboxylic acids is 1. The number of hydrogen-bond donors (Lipinski definition) is 2. The molecule has 0 spiro atoms. The van der Waals surface area contributed by atoms with E-state index in [4.69, 9.17) is 4.74 Å². The van der Waals surface area contributed by atoms with Crippen molar-refractivity contribution in [3.8, 4) is 0 Å². The summed E-state index contributed by atoms with van der Waals surface area (Å²) in [6, 6.07) is 5.49. The van der Waals surface area contributed by atoms with Crippen LogP contribution in [0.5, 0.6) is 0 Å². The second-order valence-electron chi connectivity index (χ2n) is 4.33. The van der Waals surface area contributed by atoms with Gasteiger partial charge in [-0.05, 0) is 18.2 Å². The molecular formula is C13H18FNO3. The van der Waals surface area contributed by atoms with Gasteiger partial charge in [0.2, 0.25) is 0 Å². The fourth-order valence-electron chi connectivity index (χ4n) is 1.30. The van der Waals surface area contributed by atoms with Crippen molar-refractivity contribution in [2.45, 2.75) is 26.0 Å². The number of benzene rings is 1. The average molecular weight is 255 g/mol. The third kappa shape index (κ3) is 5.25. The van der Waals surface area contributed by atoms with Crippen LogP contribution in [0.4, 0.5) is 4.39 Å². The second-order valence-corrected chi connectivity index (χ2v) is 4.33. The van der Waals surface area contributed by atoms with E-state index in [1.165, 1.54) is 18.2 Å². The summed E-state index contributed by atoms with van der Waals surface area (Å²) in [4.78, 5) is 11.5. The zero-order valence-corrected chi connectivity index (χ0v) is 10.5. The smallest absolute Gasteiger partial charge is 0.338 e. The van der Waals surface area contributed by atoms with Crippen molar-refractivity contribution in [2.75, 3.05) is 13.2 Å². The monoisotopic (exact) mass is 255 g/mol. The summed E-state index contributed by atoms with van der Waals surface area (Å²) in [6.07, 6.45) is -0.773. The summed E-state index contributed by atoms with van der Waals surface area (Å²) in [6.45, 7) is 4.13. The predicted octanol–water partition coefficient (Wildman–Crippen LogP) is 1.34.